The lowest BCUT2D eigenvalue weighted by atomic mass is 9.87. The molecule has 0 saturated heterocycles. The number of amides is 1. The number of aromatic nitrogens is 2. The molecule has 0 radical (unpaired) electrons. The Morgan fingerprint density at radius 1 is 1.28 bits per heavy atom. The molecule has 0 spiro atoms. The van der Waals surface area contributed by atoms with Crippen molar-refractivity contribution in [2.75, 3.05) is 7.11 Å². The smallest absolute Gasteiger partial charge is 0.222 e. The van der Waals surface area contributed by atoms with Crippen LogP contribution in [0.1, 0.15) is 49.1 Å². The predicted octanol–water partition coefficient (Wildman–Crippen LogP) is 3.48. The third-order valence-corrected chi connectivity index (χ3v) is 5.11. The van der Waals surface area contributed by atoms with E-state index in [9.17, 15) is 4.79 Å². The summed E-state index contributed by atoms with van der Waals surface area (Å²) in [6, 6.07) is 10.1. The number of hydrogen-bond donors (Lipinski definition) is 1. The number of carbonyl (C=O) groups excluding carboxylic acids is 1. The Hall–Kier alpha value is -2.30. The first-order valence-corrected chi connectivity index (χ1v) is 9.00. The standard InChI is InChI=1S/C20H27N3O2/c1-15-14-16(2)23(22-15)13-10-19(24)21-20(11-6-7-12-20)17-8-4-5-9-18(17)25-3/h4-5,8-9,14H,6-7,10-13H2,1-3H3,(H,21,24). The topological polar surface area (TPSA) is 56.1 Å². The lowest BCUT2D eigenvalue weighted by Gasteiger charge is -2.32. The van der Waals surface area contributed by atoms with Crippen LogP contribution in [0.4, 0.5) is 0 Å². The summed E-state index contributed by atoms with van der Waals surface area (Å²) < 4.78 is 7.45. The summed E-state index contributed by atoms with van der Waals surface area (Å²) in [6.07, 6.45) is 4.59. The van der Waals surface area contributed by atoms with E-state index < -0.39 is 0 Å². The number of hydrogen-bond acceptors (Lipinski definition) is 3. The number of benzene rings is 1. The molecule has 0 unspecified atom stereocenters. The summed E-state index contributed by atoms with van der Waals surface area (Å²) in [5.74, 6) is 0.920. The number of carbonyl (C=O) groups is 1. The summed E-state index contributed by atoms with van der Waals surface area (Å²) in [7, 11) is 1.69. The van der Waals surface area contributed by atoms with Crippen molar-refractivity contribution < 1.29 is 9.53 Å². The molecule has 134 valence electrons. The third-order valence-electron chi connectivity index (χ3n) is 5.11. The molecule has 2 aromatic rings. The fourth-order valence-electron chi connectivity index (χ4n) is 3.92. The summed E-state index contributed by atoms with van der Waals surface area (Å²) in [5.41, 5.74) is 2.86. The van der Waals surface area contributed by atoms with Crippen LogP contribution in [-0.2, 0) is 16.9 Å². The van der Waals surface area contributed by atoms with Gasteiger partial charge >= 0.3 is 0 Å². The lowest BCUT2D eigenvalue weighted by Crippen LogP contribution is -2.44. The summed E-state index contributed by atoms with van der Waals surface area (Å²) in [4.78, 5) is 12.7. The average molecular weight is 341 g/mol. The van der Waals surface area contributed by atoms with E-state index in [2.05, 4.69) is 16.5 Å². The molecule has 1 aromatic heterocycles. The molecular weight excluding hydrogens is 314 g/mol. The number of methoxy groups -OCH3 is 1. The van der Waals surface area contributed by atoms with Gasteiger partial charge in [0, 0.05) is 24.2 Å². The molecule has 0 aliphatic heterocycles. The van der Waals surface area contributed by atoms with Crippen molar-refractivity contribution >= 4 is 5.91 Å². The minimum absolute atomic E-state index is 0.0698. The lowest BCUT2D eigenvalue weighted by molar-refractivity contribution is -0.123. The molecular formula is C20H27N3O2. The Labute approximate surface area is 149 Å². The number of para-hydroxylation sites is 1. The highest BCUT2D eigenvalue weighted by Gasteiger charge is 2.38. The van der Waals surface area contributed by atoms with E-state index >= 15 is 0 Å². The Balaban J connectivity index is 1.73. The van der Waals surface area contributed by atoms with Crippen LogP contribution in [0.3, 0.4) is 0 Å². The Bertz CT molecular complexity index is 745. The normalized spacial score (nSPS) is 16.0. The van der Waals surface area contributed by atoms with E-state index in [1.54, 1.807) is 7.11 Å². The summed E-state index contributed by atoms with van der Waals surface area (Å²) >= 11 is 0. The number of rotatable bonds is 6. The first kappa shape index (κ1) is 17.5. The van der Waals surface area contributed by atoms with Crippen LogP contribution < -0.4 is 10.1 Å². The van der Waals surface area contributed by atoms with Gasteiger partial charge in [-0.15, -0.1) is 0 Å². The fourth-order valence-corrected chi connectivity index (χ4v) is 3.92. The monoisotopic (exact) mass is 341 g/mol. The van der Waals surface area contributed by atoms with Gasteiger partial charge in [0.25, 0.3) is 0 Å². The van der Waals surface area contributed by atoms with Crippen LogP contribution >= 0.6 is 0 Å². The molecule has 1 heterocycles. The largest absolute Gasteiger partial charge is 0.496 e. The molecule has 3 rings (SSSR count). The van der Waals surface area contributed by atoms with E-state index in [0.29, 0.717) is 13.0 Å². The second-order valence-electron chi connectivity index (χ2n) is 6.94. The van der Waals surface area contributed by atoms with Crippen LogP contribution in [-0.4, -0.2) is 22.8 Å². The molecule has 1 fully saturated rings. The maximum Gasteiger partial charge on any atom is 0.222 e. The fraction of sp³-hybridized carbons (Fsp3) is 0.500. The predicted molar refractivity (Wildman–Crippen MR) is 97.6 cm³/mol. The van der Waals surface area contributed by atoms with Gasteiger partial charge in [-0.2, -0.15) is 5.10 Å². The van der Waals surface area contributed by atoms with Crippen molar-refractivity contribution in [2.45, 2.75) is 58.0 Å². The van der Waals surface area contributed by atoms with Gasteiger partial charge in [-0.05, 0) is 38.8 Å². The van der Waals surface area contributed by atoms with E-state index in [-0.39, 0.29) is 11.4 Å². The molecule has 25 heavy (non-hydrogen) atoms. The van der Waals surface area contributed by atoms with Gasteiger partial charge in [-0.25, -0.2) is 0 Å². The van der Waals surface area contributed by atoms with Gasteiger partial charge in [-0.3, -0.25) is 9.48 Å². The quantitative estimate of drug-likeness (QED) is 0.875. The van der Waals surface area contributed by atoms with Crippen LogP contribution in [0.15, 0.2) is 30.3 Å². The molecule has 1 N–H and O–H groups in total. The van der Waals surface area contributed by atoms with Crippen LogP contribution in [0, 0.1) is 13.8 Å². The summed E-state index contributed by atoms with van der Waals surface area (Å²) in [5, 5.41) is 7.75. The molecule has 1 aliphatic rings. The van der Waals surface area contributed by atoms with Crippen LogP contribution in [0.2, 0.25) is 0 Å². The van der Waals surface area contributed by atoms with Crippen molar-refractivity contribution in [2.24, 2.45) is 0 Å². The van der Waals surface area contributed by atoms with Gasteiger partial charge in [-0.1, -0.05) is 31.0 Å². The molecule has 5 nitrogen and oxygen atoms in total. The van der Waals surface area contributed by atoms with Gasteiger partial charge in [0.05, 0.1) is 18.3 Å². The molecule has 1 aromatic carbocycles. The minimum Gasteiger partial charge on any atom is -0.496 e. The molecule has 5 heteroatoms. The Morgan fingerprint density at radius 2 is 2.00 bits per heavy atom. The minimum atomic E-state index is -0.307. The highest BCUT2D eigenvalue weighted by Crippen LogP contribution is 2.42. The molecule has 0 bridgehead atoms. The second kappa shape index (κ2) is 7.30. The van der Waals surface area contributed by atoms with Gasteiger partial charge in [0.1, 0.15) is 5.75 Å². The zero-order valence-corrected chi connectivity index (χ0v) is 15.3. The van der Waals surface area contributed by atoms with Gasteiger partial charge in [0.2, 0.25) is 5.91 Å². The molecule has 1 amide bonds. The van der Waals surface area contributed by atoms with Crippen molar-refractivity contribution in [1.82, 2.24) is 15.1 Å². The zero-order chi connectivity index (χ0) is 17.9. The first-order chi connectivity index (χ1) is 12.0. The number of nitrogens with zero attached hydrogens (tertiary/aromatic N) is 2. The van der Waals surface area contributed by atoms with E-state index in [0.717, 1.165) is 48.4 Å². The van der Waals surface area contributed by atoms with Crippen molar-refractivity contribution in [3.8, 4) is 5.75 Å². The number of ether oxygens (including phenoxy) is 1. The van der Waals surface area contributed by atoms with Gasteiger partial charge < -0.3 is 10.1 Å². The summed E-state index contributed by atoms with van der Waals surface area (Å²) in [6.45, 7) is 4.59. The van der Waals surface area contributed by atoms with E-state index in [1.165, 1.54) is 0 Å². The van der Waals surface area contributed by atoms with E-state index in [4.69, 9.17) is 4.74 Å². The van der Waals surface area contributed by atoms with Crippen LogP contribution in [0.5, 0.6) is 5.75 Å². The number of nitrogens with one attached hydrogen (secondary N) is 1. The van der Waals surface area contributed by atoms with Crippen molar-refractivity contribution in [1.29, 1.82) is 0 Å². The van der Waals surface area contributed by atoms with Crippen LogP contribution in [0.25, 0.3) is 0 Å². The Kier molecular flexibility index (Phi) is 5.11. The Morgan fingerprint density at radius 3 is 2.64 bits per heavy atom. The maximum atomic E-state index is 12.7. The average Bonchev–Trinajstić information content (AvgIpc) is 3.20. The zero-order valence-electron chi connectivity index (χ0n) is 15.3. The van der Waals surface area contributed by atoms with Gasteiger partial charge in [0.15, 0.2) is 0 Å². The molecule has 1 saturated carbocycles. The SMILES string of the molecule is COc1ccccc1C1(NC(=O)CCn2nc(C)cc2C)CCCC1. The highest BCUT2D eigenvalue weighted by atomic mass is 16.5. The number of aryl methyl sites for hydroxylation is 3. The highest BCUT2D eigenvalue weighted by molar-refractivity contribution is 5.77. The third kappa shape index (κ3) is 3.70. The van der Waals surface area contributed by atoms with E-state index in [1.807, 2.05) is 42.8 Å². The maximum absolute atomic E-state index is 12.7. The first-order valence-electron chi connectivity index (χ1n) is 9.00. The second-order valence-corrected chi connectivity index (χ2v) is 6.94. The van der Waals surface area contributed by atoms with Crippen molar-refractivity contribution in [3.05, 3.63) is 47.3 Å². The van der Waals surface area contributed by atoms with Crippen molar-refractivity contribution in [3.63, 3.8) is 0 Å². The molecule has 1 aliphatic carbocycles. The molecule has 0 atom stereocenters.